The summed E-state index contributed by atoms with van der Waals surface area (Å²) in [7, 11) is 2.73. The van der Waals surface area contributed by atoms with Crippen molar-refractivity contribution in [2.24, 2.45) is 0 Å². The lowest BCUT2D eigenvalue weighted by Crippen LogP contribution is -2.60. The van der Waals surface area contributed by atoms with Crippen LogP contribution >= 0.6 is 0 Å². The van der Waals surface area contributed by atoms with Crippen LogP contribution in [-0.2, 0) is 4.74 Å². The third kappa shape index (κ3) is 4.15. The molecule has 11 nitrogen and oxygen atoms in total. The maximum atomic E-state index is 12.8. The summed E-state index contributed by atoms with van der Waals surface area (Å²) < 4.78 is 27.2. The molecule has 1 fully saturated rings. The standard InChI is InChI=1S/C23H24O11/c1-30-11-5-3-4-10(6-11)13-7-12(25)17-14(32-13)8-15(22(31-2)19(17)27)33-23-21(29)20(28)18(26)16(9-24)34-23/h3-8,16,18,20-21,23-24,26-29H,9H2,1-2H3. The minimum absolute atomic E-state index is 0.0526. The molecule has 0 saturated carbocycles. The van der Waals surface area contributed by atoms with Crippen molar-refractivity contribution in [1.29, 1.82) is 0 Å². The Hall–Kier alpha value is -3.35. The van der Waals surface area contributed by atoms with Gasteiger partial charge in [-0.15, -0.1) is 0 Å². The van der Waals surface area contributed by atoms with Crippen LogP contribution in [0, 0.1) is 0 Å². The van der Waals surface area contributed by atoms with Crippen LogP contribution in [0.2, 0.25) is 0 Å². The lowest BCUT2D eigenvalue weighted by atomic mass is 9.99. The molecule has 3 aromatic rings. The number of aliphatic hydroxyl groups excluding tert-OH is 4. The Morgan fingerprint density at radius 2 is 1.76 bits per heavy atom. The van der Waals surface area contributed by atoms with E-state index in [0.29, 0.717) is 11.3 Å². The van der Waals surface area contributed by atoms with Crippen molar-refractivity contribution in [1.82, 2.24) is 0 Å². The molecule has 5 atom stereocenters. The Balaban J connectivity index is 1.80. The van der Waals surface area contributed by atoms with E-state index in [2.05, 4.69) is 0 Å². The summed E-state index contributed by atoms with van der Waals surface area (Å²) in [6, 6.07) is 9.30. The lowest BCUT2D eigenvalue weighted by molar-refractivity contribution is -0.277. The molecular formula is C23H24O11. The van der Waals surface area contributed by atoms with Crippen LogP contribution in [0.5, 0.6) is 23.0 Å². The highest BCUT2D eigenvalue weighted by Gasteiger charge is 2.45. The first kappa shape index (κ1) is 23.8. The number of hydrogen-bond donors (Lipinski definition) is 5. The highest BCUT2D eigenvalue weighted by molar-refractivity contribution is 5.89. The van der Waals surface area contributed by atoms with E-state index in [1.807, 2.05) is 0 Å². The molecule has 4 rings (SSSR count). The Morgan fingerprint density at radius 3 is 2.44 bits per heavy atom. The van der Waals surface area contributed by atoms with Gasteiger partial charge in [-0.3, -0.25) is 4.79 Å². The maximum Gasteiger partial charge on any atom is 0.229 e. The van der Waals surface area contributed by atoms with Crippen LogP contribution in [0.3, 0.4) is 0 Å². The van der Waals surface area contributed by atoms with E-state index in [1.165, 1.54) is 26.4 Å². The van der Waals surface area contributed by atoms with Crippen LogP contribution < -0.4 is 19.6 Å². The van der Waals surface area contributed by atoms with E-state index in [4.69, 9.17) is 23.4 Å². The molecule has 1 aliphatic heterocycles. The fraction of sp³-hybridized carbons (Fsp3) is 0.348. The van der Waals surface area contributed by atoms with Crippen molar-refractivity contribution in [3.05, 3.63) is 46.6 Å². The van der Waals surface area contributed by atoms with Crippen molar-refractivity contribution < 1.29 is 48.9 Å². The van der Waals surface area contributed by atoms with Crippen LogP contribution in [0.1, 0.15) is 0 Å². The topological polar surface area (TPSA) is 168 Å². The summed E-state index contributed by atoms with van der Waals surface area (Å²) in [5.41, 5.74) is -0.0532. The summed E-state index contributed by atoms with van der Waals surface area (Å²) >= 11 is 0. The molecule has 1 saturated heterocycles. The number of fused-ring (bicyclic) bond motifs is 1. The largest absolute Gasteiger partial charge is 0.504 e. The van der Waals surface area contributed by atoms with Gasteiger partial charge in [-0.05, 0) is 12.1 Å². The first-order valence-corrected chi connectivity index (χ1v) is 10.3. The molecule has 5 N–H and O–H groups in total. The van der Waals surface area contributed by atoms with Crippen LogP contribution in [0.25, 0.3) is 22.3 Å². The average molecular weight is 476 g/mol. The Morgan fingerprint density at radius 1 is 1.00 bits per heavy atom. The second kappa shape index (κ2) is 9.49. The molecule has 34 heavy (non-hydrogen) atoms. The minimum Gasteiger partial charge on any atom is -0.504 e. The quantitative estimate of drug-likeness (QED) is 0.333. The van der Waals surface area contributed by atoms with E-state index in [0.717, 1.165) is 0 Å². The molecule has 182 valence electrons. The van der Waals surface area contributed by atoms with Gasteiger partial charge in [-0.2, -0.15) is 0 Å². The van der Waals surface area contributed by atoms with Gasteiger partial charge < -0.3 is 48.9 Å². The molecule has 2 heterocycles. The third-order valence-electron chi connectivity index (χ3n) is 5.56. The smallest absolute Gasteiger partial charge is 0.229 e. The summed E-state index contributed by atoms with van der Waals surface area (Å²) in [6.07, 6.45) is -7.70. The summed E-state index contributed by atoms with van der Waals surface area (Å²) in [6.45, 7) is -0.649. The van der Waals surface area contributed by atoms with Crippen molar-refractivity contribution in [3.8, 4) is 34.3 Å². The molecule has 0 spiro atoms. The zero-order valence-corrected chi connectivity index (χ0v) is 18.2. The molecule has 2 aromatic carbocycles. The lowest BCUT2D eigenvalue weighted by Gasteiger charge is -2.39. The van der Waals surface area contributed by atoms with Crippen molar-refractivity contribution in [2.75, 3.05) is 20.8 Å². The van der Waals surface area contributed by atoms with E-state index < -0.39 is 48.5 Å². The second-order valence-corrected chi connectivity index (χ2v) is 7.65. The van der Waals surface area contributed by atoms with Crippen LogP contribution in [0.15, 0.2) is 45.6 Å². The molecule has 1 aromatic heterocycles. The monoisotopic (exact) mass is 476 g/mol. The van der Waals surface area contributed by atoms with Gasteiger partial charge in [0, 0.05) is 17.7 Å². The van der Waals surface area contributed by atoms with Crippen molar-refractivity contribution >= 4 is 11.0 Å². The van der Waals surface area contributed by atoms with Gasteiger partial charge in [0.25, 0.3) is 0 Å². The van der Waals surface area contributed by atoms with Gasteiger partial charge >= 0.3 is 0 Å². The number of aromatic hydroxyl groups is 1. The van der Waals surface area contributed by atoms with Gasteiger partial charge in [0.1, 0.15) is 46.9 Å². The zero-order chi connectivity index (χ0) is 24.6. The fourth-order valence-electron chi connectivity index (χ4n) is 3.75. The Kier molecular flexibility index (Phi) is 6.64. The normalized spacial score (nSPS) is 24.7. The van der Waals surface area contributed by atoms with E-state index in [-0.39, 0.29) is 28.2 Å². The minimum atomic E-state index is -1.70. The van der Waals surface area contributed by atoms with E-state index in [1.54, 1.807) is 24.3 Å². The van der Waals surface area contributed by atoms with Crippen LogP contribution in [0.4, 0.5) is 0 Å². The summed E-state index contributed by atoms with van der Waals surface area (Å²) in [5.74, 6) is -0.247. The molecule has 1 aliphatic rings. The van der Waals surface area contributed by atoms with E-state index in [9.17, 15) is 30.3 Å². The number of phenolic OH excluding ortho intramolecular Hbond substituents is 1. The molecule has 5 unspecified atom stereocenters. The van der Waals surface area contributed by atoms with E-state index >= 15 is 0 Å². The molecular weight excluding hydrogens is 452 g/mol. The molecule has 0 aliphatic carbocycles. The fourth-order valence-corrected chi connectivity index (χ4v) is 3.75. The molecule has 0 amide bonds. The zero-order valence-electron chi connectivity index (χ0n) is 18.2. The molecule has 0 bridgehead atoms. The van der Waals surface area contributed by atoms with Gasteiger partial charge in [-0.1, -0.05) is 12.1 Å². The summed E-state index contributed by atoms with van der Waals surface area (Å²) in [5, 5.41) is 50.2. The second-order valence-electron chi connectivity index (χ2n) is 7.65. The SMILES string of the molecule is COc1cccc(-c2cc(=O)c3c(O)c(OC)c(OC4OC(CO)C(O)C(O)C4O)cc3o2)c1. The summed E-state index contributed by atoms with van der Waals surface area (Å²) in [4.78, 5) is 12.8. The number of rotatable bonds is 6. The number of ether oxygens (including phenoxy) is 4. The number of phenols is 1. The molecule has 0 radical (unpaired) electrons. The van der Waals surface area contributed by atoms with Gasteiger partial charge in [0.2, 0.25) is 12.0 Å². The van der Waals surface area contributed by atoms with Gasteiger partial charge in [-0.25, -0.2) is 0 Å². The number of benzene rings is 2. The first-order chi connectivity index (χ1) is 16.3. The maximum absolute atomic E-state index is 12.8. The van der Waals surface area contributed by atoms with Crippen molar-refractivity contribution in [2.45, 2.75) is 30.7 Å². The first-order valence-electron chi connectivity index (χ1n) is 10.3. The number of aliphatic hydroxyl groups is 4. The predicted octanol–water partition coefficient (Wildman–Crippen LogP) is 0.361. The van der Waals surface area contributed by atoms with Crippen LogP contribution in [-0.4, -0.2) is 77.1 Å². The Bertz CT molecular complexity index is 1240. The van der Waals surface area contributed by atoms with Gasteiger partial charge in [0.15, 0.2) is 16.9 Å². The van der Waals surface area contributed by atoms with Gasteiger partial charge in [0.05, 0.1) is 20.8 Å². The van der Waals surface area contributed by atoms with Crippen molar-refractivity contribution in [3.63, 3.8) is 0 Å². The number of hydrogen-bond acceptors (Lipinski definition) is 11. The average Bonchev–Trinajstić information content (AvgIpc) is 2.84. The predicted molar refractivity (Wildman–Crippen MR) is 117 cm³/mol. The Labute approximate surface area is 192 Å². The third-order valence-corrected chi connectivity index (χ3v) is 5.56. The highest BCUT2D eigenvalue weighted by Crippen LogP contribution is 2.43. The number of methoxy groups -OCH3 is 2. The highest BCUT2D eigenvalue weighted by atomic mass is 16.7. The molecule has 11 heteroatoms.